The van der Waals surface area contributed by atoms with Crippen molar-refractivity contribution >= 4 is 28.3 Å². The molecule has 0 saturated carbocycles. The van der Waals surface area contributed by atoms with E-state index in [1.165, 1.54) is 28.8 Å². The first-order valence-corrected chi connectivity index (χ1v) is 12.7. The third-order valence-electron chi connectivity index (χ3n) is 6.51. The van der Waals surface area contributed by atoms with Crippen molar-refractivity contribution in [2.45, 2.75) is 33.2 Å². The molecule has 0 aliphatic heterocycles. The number of carbonyl (C=O) groups excluding carboxylic acids is 1. The number of aromatic nitrogens is 2. The molecule has 10 nitrogen and oxygen atoms in total. The summed E-state index contributed by atoms with van der Waals surface area (Å²) in [6, 6.07) is 18.9. The Morgan fingerprint density at radius 3 is 2.33 bits per heavy atom. The molecule has 0 fully saturated rings. The number of ether oxygens (including phenoxy) is 1. The molecule has 3 aromatic carbocycles. The molecule has 1 aromatic heterocycles. The van der Waals surface area contributed by atoms with Gasteiger partial charge in [0.2, 0.25) is 0 Å². The van der Waals surface area contributed by atoms with Gasteiger partial charge in [-0.2, -0.15) is 0 Å². The van der Waals surface area contributed by atoms with Gasteiger partial charge < -0.3 is 15.0 Å². The molecule has 0 radical (unpaired) electrons. The van der Waals surface area contributed by atoms with Crippen LogP contribution in [-0.2, 0) is 0 Å². The molecule has 1 unspecified atom stereocenters. The highest BCUT2D eigenvalue weighted by atomic mass is 16.6. The minimum atomic E-state index is -0.596. The van der Waals surface area contributed by atoms with Crippen molar-refractivity contribution in [2.24, 2.45) is 5.92 Å². The summed E-state index contributed by atoms with van der Waals surface area (Å²) in [6.45, 7) is 6.38. The van der Waals surface area contributed by atoms with Crippen LogP contribution in [0.3, 0.4) is 0 Å². The van der Waals surface area contributed by atoms with Crippen LogP contribution in [0.4, 0.5) is 16.2 Å². The summed E-state index contributed by atoms with van der Waals surface area (Å²) >= 11 is 0. The van der Waals surface area contributed by atoms with Crippen LogP contribution in [0.15, 0.2) is 77.6 Å². The number of rotatable bonds is 9. The maximum Gasteiger partial charge on any atom is 0.322 e. The summed E-state index contributed by atoms with van der Waals surface area (Å²) in [5, 5.41) is 14.3. The Morgan fingerprint density at radius 2 is 1.72 bits per heavy atom. The quantitative estimate of drug-likeness (QED) is 0.212. The maximum atomic E-state index is 13.8. The number of urea groups is 1. The van der Waals surface area contributed by atoms with Gasteiger partial charge in [0.25, 0.3) is 11.2 Å². The number of hydrogen-bond acceptors (Lipinski definition) is 6. The van der Waals surface area contributed by atoms with Crippen LogP contribution in [0, 0.1) is 16.0 Å². The second kappa shape index (κ2) is 11.8. The summed E-state index contributed by atoms with van der Waals surface area (Å²) in [5.41, 5.74) is 1.25. The molecule has 1 heterocycles. The molecule has 1 N–H and O–H groups in total. The van der Waals surface area contributed by atoms with Crippen molar-refractivity contribution in [3.05, 3.63) is 99.1 Å². The molecular weight excluding hydrogens is 498 g/mol. The standard InChI is InChI=1S/C29H31N5O5/c1-19(2)17-18-32(29(36)30-21-9-11-23(12-10-21)34(37)38)20(3)27-31-26-8-6-5-7-25(26)28(35)33(27)22-13-15-24(39-4)16-14-22/h5-16,19-20H,17-18H2,1-4H3,(H,30,36). The summed E-state index contributed by atoms with van der Waals surface area (Å²) < 4.78 is 6.82. The van der Waals surface area contributed by atoms with E-state index in [-0.39, 0.29) is 11.2 Å². The van der Waals surface area contributed by atoms with Crippen molar-refractivity contribution in [3.63, 3.8) is 0 Å². The van der Waals surface area contributed by atoms with E-state index in [9.17, 15) is 19.7 Å². The largest absolute Gasteiger partial charge is 0.497 e. The molecule has 1 atom stereocenters. The highest BCUT2D eigenvalue weighted by Gasteiger charge is 2.27. The number of benzene rings is 3. The molecule has 0 spiro atoms. The molecule has 2 amide bonds. The zero-order valence-electron chi connectivity index (χ0n) is 22.3. The molecule has 0 bridgehead atoms. The van der Waals surface area contributed by atoms with Crippen LogP contribution in [0.1, 0.15) is 39.1 Å². The van der Waals surface area contributed by atoms with Crippen molar-refractivity contribution in [3.8, 4) is 11.4 Å². The van der Waals surface area contributed by atoms with Crippen molar-refractivity contribution < 1.29 is 14.5 Å². The lowest BCUT2D eigenvalue weighted by molar-refractivity contribution is -0.384. The van der Waals surface area contributed by atoms with Crippen molar-refractivity contribution in [1.82, 2.24) is 14.5 Å². The number of nitrogens with one attached hydrogen (secondary N) is 1. The average molecular weight is 530 g/mol. The second-order valence-corrected chi connectivity index (χ2v) is 9.61. The van der Waals surface area contributed by atoms with Gasteiger partial charge in [-0.15, -0.1) is 0 Å². The number of methoxy groups -OCH3 is 1. The molecular formula is C29H31N5O5. The zero-order valence-corrected chi connectivity index (χ0v) is 22.3. The number of para-hydroxylation sites is 1. The SMILES string of the molecule is COc1ccc(-n2c(C(C)N(CCC(C)C)C(=O)Nc3ccc([N+](=O)[O-])cc3)nc3ccccc3c2=O)cc1. The van der Waals surface area contributed by atoms with Crippen LogP contribution < -0.4 is 15.6 Å². The van der Waals surface area contributed by atoms with Gasteiger partial charge in [-0.1, -0.05) is 26.0 Å². The van der Waals surface area contributed by atoms with E-state index < -0.39 is 17.0 Å². The van der Waals surface area contributed by atoms with Gasteiger partial charge in [0, 0.05) is 24.4 Å². The Balaban J connectivity index is 1.79. The number of anilines is 1. The van der Waals surface area contributed by atoms with Crippen LogP contribution >= 0.6 is 0 Å². The smallest absolute Gasteiger partial charge is 0.322 e. The lowest BCUT2D eigenvalue weighted by Gasteiger charge is -2.31. The van der Waals surface area contributed by atoms with Gasteiger partial charge in [-0.25, -0.2) is 9.78 Å². The highest BCUT2D eigenvalue weighted by Crippen LogP contribution is 2.26. The van der Waals surface area contributed by atoms with E-state index in [1.807, 2.05) is 13.0 Å². The number of hydrogen-bond donors (Lipinski definition) is 1. The first-order valence-electron chi connectivity index (χ1n) is 12.7. The fourth-order valence-corrected chi connectivity index (χ4v) is 4.28. The summed E-state index contributed by atoms with van der Waals surface area (Å²) in [5.74, 6) is 1.38. The number of nitro groups is 1. The molecule has 0 aliphatic carbocycles. The normalized spacial score (nSPS) is 11.8. The molecule has 39 heavy (non-hydrogen) atoms. The number of nitrogens with zero attached hydrogens (tertiary/aromatic N) is 4. The third-order valence-corrected chi connectivity index (χ3v) is 6.51. The Hall–Kier alpha value is -4.73. The fourth-order valence-electron chi connectivity index (χ4n) is 4.28. The molecule has 202 valence electrons. The van der Waals surface area contributed by atoms with E-state index >= 15 is 0 Å². The lowest BCUT2D eigenvalue weighted by Crippen LogP contribution is -2.40. The molecule has 0 aliphatic rings. The minimum Gasteiger partial charge on any atom is -0.497 e. The molecule has 0 saturated heterocycles. The lowest BCUT2D eigenvalue weighted by atomic mass is 10.1. The molecule has 4 aromatic rings. The number of fused-ring (bicyclic) bond motifs is 1. The van der Waals surface area contributed by atoms with E-state index in [0.29, 0.717) is 46.3 Å². The van der Waals surface area contributed by atoms with E-state index in [0.717, 1.165) is 6.42 Å². The summed E-state index contributed by atoms with van der Waals surface area (Å²) in [6.07, 6.45) is 0.721. The maximum absolute atomic E-state index is 13.8. The van der Waals surface area contributed by atoms with Crippen LogP contribution in [0.2, 0.25) is 0 Å². The predicted molar refractivity (Wildman–Crippen MR) is 151 cm³/mol. The predicted octanol–water partition coefficient (Wildman–Crippen LogP) is 5.94. The average Bonchev–Trinajstić information content (AvgIpc) is 2.93. The minimum absolute atomic E-state index is 0.0677. The van der Waals surface area contributed by atoms with Crippen LogP contribution in [-0.4, -0.2) is 39.1 Å². The zero-order chi connectivity index (χ0) is 28.1. The van der Waals surface area contributed by atoms with Crippen molar-refractivity contribution in [2.75, 3.05) is 19.0 Å². The van der Waals surface area contributed by atoms with E-state index in [2.05, 4.69) is 19.2 Å². The number of carbonyl (C=O) groups is 1. The molecule has 4 rings (SSSR count). The van der Waals surface area contributed by atoms with Gasteiger partial charge in [0.05, 0.1) is 34.7 Å². The number of amides is 2. The fraction of sp³-hybridized carbons (Fsp3) is 0.276. The van der Waals surface area contributed by atoms with Gasteiger partial charge in [-0.3, -0.25) is 19.5 Å². The second-order valence-electron chi connectivity index (χ2n) is 9.61. The van der Waals surface area contributed by atoms with Gasteiger partial charge in [0.1, 0.15) is 11.6 Å². The van der Waals surface area contributed by atoms with Crippen LogP contribution in [0.25, 0.3) is 16.6 Å². The monoisotopic (exact) mass is 529 g/mol. The summed E-state index contributed by atoms with van der Waals surface area (Å²) in [4.78, 5) is 44.4. The number of non-ortho nitro benzene ring substituents is 1. The Kier molecular flexibility index (Phi) is 8.24. The van der Waals surface area contributed by atoms with E-state index in [1.54, 1.807) is 54.5 Å². The Bertz CT molecular complexity index is 1530. The van der Waals surface area contributed by atoms with Crippen molar-refractivity contribution in [1.29, 1.82) is 0 Å². The number of nitro benzene ring substituents is 1. The van der Waals surface area contributed by atoms with Gasteiger partial charge >= 0.3 is 6.03 Å². The first kappa shape index (κ1) is 27.3. The summed E-state index contributed by atoms with van der Waals surface area (Å²) in [7, 11) is 1.57. The van der Waals surface area contributed by atoms with Gasteiger partial charge in [-0.05, 0) is 67.8 Å². The van der Waals surface area contributed by atoms with Gasteiger partial charge in [0.15, 0.2) is 0 Å². The van der Waals surface area contributed by atoms with E-state index in [4.69, 9.17) is 9.72 Å². The third kappa shape index (κ3) is 6.06. The topological polar surface area (TPSA) is 120 Å². The highest BCUT2D eigenvalue weighted by molar-refractivity contribution is 5.89. The Morgan fingerprint density at radius 1 is 1.05 bits per heavy atom. The van der Waals surface area contributed by atoms with Crippen LogP contribution in [0.5, 0.6) is 5.75 Å². The molecule has 10 heteroatoms. The first-order chi connectivity index (χ1) is 18.7. The Labute approximate surface area is 226 Å².